The summed E-state index contributed by atoms with van der Waals surface area (Å²) in [4.78, 5) is 0. The zero-order chi connectivity index (χ0) is 21.1. The Morgan fingerprint density at radius 2 is 1.62 bits per heavy atom. The molecule has 0 heterocycles. The van der Waals surface area contributed by atoms with E-state index in [9.17, 15) is 10.2 Å². The zero-order valence-electron chi connectivity index (χ0n) is 19.4. The molecule has 4 aliphatic rings. The molecule has 0 aliphatic heterocycles. The molecule has 0 unspecified atom stereocenters. The van der Waals surface area contributed by atoms with Crippen LogP contribution in [0.25, 0.3) is 0 Å². The first-order chi connectivity index (χ1) is 13.7. The molecule has 3 heteroatoms. The second kappa shape index (κ2) is 7.76. The topological polar surface area (TPSA) is 40.5 Å². The van der Waals surface area contributed by atoms with E-state index in [1.807, 2.05) is 0 Å². The van der Waals surface area contributed by atoms with Crippen LogP contribution in [0.4, 0.5) is 4.39 Å². The Morgan fingerprint density at radius 1 is 0.966 bits per heavy atom. The molecule has 4 saturated carbocycles. The summed E-state index contributed by atoms with van der Waals surface area (Å²) in [7, 11) is 0. The number of rotatable bonds is 4. The quantitative estimate of drug-likeness (QED) is 0.599. The van der Waals surface area contributed by atoms with Crippen LogP contribution in [-0.2, 0) is 0 Å². The summed E-state index contributed by atoms with van der Waals surface area (Å²) >= 11 is 0. The summed E-state index contributed by atoms with van der Waals surface area (Å²) in [5.41, 5.74) is 0.263. The molecular weight excluding hydrogens is 363 g/mol. The van der Waals surface area contributed by atoms with E-state index >= 15 is 4.39 Å². The maximum atomic E-state index is 15.4. The average molecular weight is 409 g/mol. The average Bonchev–Trinajstić information content (AvgIpc) is 3.04. The van der Waals surface area contributed by atoms with Crippen molar-refractivity contribution < 1.29 is 14.6 Å². The van der Waals surface area contributed by atoms with E-state index in [0.29, 0.717) is 29.6 Å². The fraction of sp³-hybridized carbons (Fsp3) is 1.00. The Kier molecular flexibility index (Phi) is 5.91. The van der Waals surface area contributed by atoms with Crippen LogP contribution in [0.2, 0.25) is 0 Å². The molecule has 168 valence electrons. The molecule has 4 fully saturated rings. The largest absolute Gasteiger partial charge is 0.393 e. The molecule has 0 saturated heterocycles. The summed E-state index contributed by atoms with van der Waals surface area (Å²) in [6, 6.07) is 0. The first-order valence-electron chi connectivity index (χ1n) is 12.7. The van der Waals surface area contributed by atoms with Crippen LogP contribution >= 0.6 is 0 Å². The summed E-state index contributed by atoms with van der Waals surface area (Å²) < 4.78 is 15.4. The Balaban J connectivity index is 1.69. The summed E-state index contributed by atoms with van der Waals surface area (Å²) in [6.45, 7) is 11.7. The predicted octanol–water partition coefficient (Wildman–Crippen LogP) is 6.00. The fourth-order valence-electron chi connectivity index (χ4n) is 9.61. The molecule has 0 radical (unpaired) electrons. The van der Waals surface area contributed by atoms with Crippen LogP contribution in [0.15, 0.2) is 0 Å². The van der Waals surface area contributed by atoms with Gasteiger partial charge in [-0.15, -0.1) is 0 Å². The van der Waals surface area contributed by atoms with E-state index in [-0.39, 0.29) is 17.3 Å². The number of fused-ring (bicyclic) bond motifs is 5. The van der Waals surface area contributed by atoms with Gasteiger partial charge >= 0.3 is 0 Å². The maximum absolute atomic E-state index is 15.4. The lowest BCUT2D eigenvalue weighted by Gasteiger charge is -2.65. The smallest absolute Gasteiger partial charge is 0.130 e. The number of alkyl halides is 1. The van der Waals surface area contributed by atoms with Crippen molar-refractivity contribution in [3.63, 3.8) is 0 Å². The molecule has 2 N–H and O–H groups in total. The van der Waals surface area contributed by atoms with E-state index in [1.165, 1.54) is 32.1 Å². The van der Waals surface area contributed by atoms with Gasteiger partial charge in [0.15, 0.2) is 0 Å². The molecule has 0 aromatic rings. The molecule has 0 aromatic heterocycles. The minimum absolute atomic E-state index is 0.0133. The molecule has 0 aromatic carbocycles. The molecule has 29 heavy (non-hydrogen) atoms. The molecular formula is C26H45FO2. The van der Waals surface area contributed by atoms with Crippen molar-refractivity contribution in [1.82, 2.24) is 0 Å². The van der Waals surface area contributed by atoms with Crippen LogP contribution in [0.1, 0.15) is 92.4 Å². The highest BCUT2D eigenvalue weighted by Crippen LogP contribution is 2.69. The molecule has 4 aliphatic carbocycles. The Morgan fingerprint density at radius 3 is 2.28 bits per heavy atom. The van der Waals surface area contributed by atoms with Crippen LogP contribution in [0.5, 0.6) is 0 Å². The van der Waals surface area contributed by atoms with E-state index < -0.39 is 18.4 Å². The van der Waals surface area contributed by atoms with Crippen molar-refractivity contribution >= 4 is 0 Å². The van der Waals surface area contributed by atoms with E-state index in [0.717, 1.165) is 31.1 Å². The second-order valence-corrected chi connectivity index (χ2v) is 11.9. The highest BCUT2D eigenvalue weighted by Gasteiger charge is 2.66. The fourth-order valence-corrected chi connectivity index (χ4v) is 9.61. The highest BCUT2D eigenvalue weighted by atomic mass is 19.1. The molecule has 4 rings (SSSR count). The van der Waals surface area contributed by atoms with Crippen molar-refractivity contribution in [2.75, 3.05) is 0 Å². The van der Waals surface area contributed by atoms with E-state index in [1.54, 1.807) is 0 Å². The lowest BCUT2D eigenvalue weighted by atomic mass is 9.41. The maximum Gasteiger partial charge on any atom is 0.130 e. The number of aliphatic hydroxyl groups is 2. The number of aliphatic hydroxyl groups excluding tert-OH is 2. The van der Waals surface area contributed by atoms with Crippen LogP contribution in [-0.4, -0.2) is 28.6 Å². The van der Waals surface area contributed by atoms with Crippen LogP contribution in [0, 0.1) is 52.3 Å². The number of hydrogen-bond acceptors (Lipinski definition) is 2. The monoisotopic (exact) mass is 408 g/mol. The highest BCUT2D eigenvalue weighted by molar-refractivity contribution is 5.15. The third kappa shape index (κ3) is 3.07. The van der Waals surface area contributed by atoms with Gasteiger partial charge in [0.05, 0.1) is 12.2 Å². The standard InChI is InChI=1S/C26H45FO2/c1-6-8-15(3)17-9-10-18-21-19(11-13-25(17,18)4)26(5)14-12-20(28)23(27)22(26)16(7-2)24(21)29/h15-24,28-29H,6-14H2,1-5H3/t15-,16-,17-,18+,19+,20-,21+,22-,23+,24-,25-,26-/m1/s1. The van der Waals surface area contributed by atoms with Crippen LogP contribution in [0.3, 0.4) is 0 Å². The zero-order valence-corrected chi connectivity index (χ0v) is 19.4. The normalized spacial score (nSPS) is 55.7. The van der Waals surface area contributed by atoms with Gasteiger partial charge in [0.1, 0.15) is 6.17 Å². The first kappa shape index (κ1) is 22.1. The molecule has 0 amide bonds. The summed E-state index contributed by atoms with van der Waals surface area (Å²) in [5, 5.41) is 22.0. The molecule has 2 nitrogen and oxygen atoms in total. The van der Waals surface area contributed by atoms with Gasteiger partial charge in [-0.05, 0) is 84.9 Å². The Bertz CT molecular complexity index is 595. The van der Waals surface area contributed by atoms with Gasteiger partial charge in [-0.25, -0.2) is 4.39 Å². The van der Waals surface area contributed by atoms with Crippen molar-refractivity contribution in [3.8, 4) is 0 Å². The van der Waals surface area contributed by atoms with Gasteiger partial charge < -0.3 is 10.2 Å². The van der Waals surface area contributed by atoms with Gasteiger partial charge in [0.25, 0.3) is 0 Å². The van der Waals surface area contributed by atoms with Crippen molar-refractivity contribution in [1.29, 1.82) is 0 Å². The summed E-state index contributed by atoms with van der Waals surface area (Å²) in [6.07, 6.45) is 7.38. The van der Waals surface area contributed by atoms with Gasteiger partial charge in [0.2, 0.25) is 0 Å². The Labute approximate surface area is 178 Å². The third-order valence-electron chi connectivity index (χ3n) is 10.9. The van der Waals surface area contributed by atoms with Crippen molar-refractivity contribution in [2.24, 2.45) is 52.3 Å². The minimum Gasteiger partial charge on any atom is -0.393 e. The predicted molar refractivity (Wildman–Crippen MR) is 116 cm³/mol. The third-order valence-corrected chi connectivity index (χ3v) is 10.9. The number of halogens is 1. The van der Waals surface area contributed by atoms with Gasteiger partial charge in [-0.3, -0.25) is 0 Å². The van der Waals surface area contributed by atoms with Crippen molar-refractivity contribution in [2.45, 2.75) is 111 Å². The minimum atomic E-state index is -1.18. The van der Waals surface area contributed by atoms with E-state index in [2.05, 4.69) is 34.6 Å². The van der Waals surface area contributed by atoms with Crippen LogP contribution < -0.4 is 0 Å². The lowest BCUT2D eigenvalue weighted by molar-refractivity contribution is -0.222. The molecule has 12 atom stereocenters. The lowest BCUT2D eigenvalue weighted by Crippen LogP contribution is -2.65. The number of hydrogen-bond donors (Lipinski definition) is 2. The Hall–Kier alpha value is -0.150. The second-order valence-electron chi connectivity index (χ2n) is 11.9. The van der Waals surface area contributed by atoms with Gasteiger partial charge in [-0.2, -0.15) is 0 Å². The van der Waals surface area contributed by atoms with E-state index in [4.69, 9.17) is 0 Å². The SMILES string of the molecule is CCC[C@@H](C)[C@H]1CC[C@H]2[C@@H]3[C@H](O)[C@H](CC)[C@@H]4[C@@H](F)[C@H](O)CC[C@]4(C)[C@H]3CC[C@]12C. The molecule has 0 spiro atoms. The molecule has 0 bridgehead atoms. The van der Waals surface area contributed by atoms with Gasteiger partial charge in [-0.1, -0.05) is 53.9 Å². The first-order valence-corrected chi connectivity index (χ1v) is 12.7. The summed E-state index contributed by atoms with van der Waals surface area (Å²) in [5.74, 6) is 2.65. The van der Waals surface area contributed by atoms with Crippen molar-refractivity contribution in [3.05, 3.63) is 0 Å². The van der Waals surface area contributed by atoms with Gasteiger partial charge in [0, 0.05) is 5.92 Å².